The van der Waals surface area contributed by atoms with Gasteiger partial charge in [0.25, 0.3) is 0 Å². The van der Waals surface area contributed by atoms with Crippen LogP contribution in [0.2, 0.25) is 5.02 Å². The fourth-order valence-electron chi connectivity index (χ4n) is 1.66. The molecule has 1 amide bonds. The Balaban J connectivity index is 2.77. The SMILES string of the molecule is CCC(C)C(=O)N(CC)Cc1ccccc1Cl. The standard InChI is InChI=1S/C14H20ClNO/c1-4-11(3)14(17)16(5-2)10-12-8-6-7-9-13(12)15/h6-9,11H,4-5,10H2,1-3H3. The molecule has 0 radical (unpaired) electrons. The van der Waals surface area contributed by atoms with Crippen LogP contribution in [0.4, 0.5) is 0 Å². The van der Waals surface area contributed by atoms with E-state index >= 15 is 0 Å². The lowest BCUT2D eigenvalue weighted by Gasteiger charge is -2.24. The first-order valence-corrected chi connectivity index (χ1v) is 6.50. The quantitative estimate of drug-likeness (QED) is 0.783. The van der Waals surface area contributed by atoms with Gasteiger partial charge in [-0.3, -0.25) is 4.79 Å². The van der Waals surface area contributed by atoms with Gasteiger partial charge in [-0.25, -0.2) is 0 Å². The van der Waals surface area contributed by atoms with Crippen LogP contribution < -0.4 is 0 Å². The van der Waals surface area contributed by atoms with Crippen LogP contribution in [0.15, 0.2) is 24.3 Å². The van der Waals surface area contributed by atoms with E-state index in [0.29, 0.717) is 13.1 Å². The van der Waals surface area contributed by atoms with Gasteiger partial charge in [0.05, 0.1) is 0 Å². The van der Waals surface area contributed by atoms with Crippen molar-refractivity contribution in [3.63, 3.8) is 0 Å². The fourth-order valence-corrected chi connectivity index (χ4v) is 1.86. The molecule has 3 heteroatoms. The Labute approximate surface area is 109 Å². The van der Waals surface area contributed by atoms with Crippen LogP contribution in [-0.4, -0.2) is 17.4 Å². The maximum Gasteiger partial charge on any atom is 0.225 e. The van der Waals surface area contributed by atoms with E-state index in [9.17, 15) is 4.79 Å². The van der Waals surface area contributed by atoms with E-state index in [0.717, 1.165) is 17.0 Å². The number of carbonyl (C=O) groups excluding carboxylic acids is 1. The number of amides is 1. The number of halogens is 1. The summed E-state index contributed by atoms with van der Waals surface area (Å²) in [6, 6.07) is 7.68. The molecule has 0 bridgehead atoms. The van der Waals surface area contributed by atoms with Gasteiger partial charge in [-0.2, -0.15) is 0 Å². The largest absolute Gasteiger partial charge is 0.338 e. The van der Waals surface area contributed by atoms with Gasteiger partial charge in [-0.15, -0.1) is 0 Å². The molecule has 1 atom stereocenters. The summed E-state index contributed by atoms with van der Waals surface area (Å²) in [5, 5.41) is 0.725. The molecule has 0 aromatic heterocycles. The molecule has 0 N–H and O–H groups in total. The summed E-state index contributed by atoms with van der Waals surface area (Å²) in [6.07, 6.45) is 0.873. The monoisotopic (exact) mass is 253 g/mol. The lowest BCUT2D eigenvalue weighted by atomic mass is 10.1. The molecule has 0 aliphatic rings. The first-order valence-electron chi connectivity index (χ1n) is 6.12. The zero-order valence-corrected chi connectivity index (χ0v) is 11.5. The van der Waals surface area contributed by atoms with Crippen LogP contribution in [0, 0.1) is 5.92 Å². The zero-order valence-electron chi connectivity index (χ0n) is 10.7. The Kier molecular flexibility index (Phi) is 5.49. The Morgan fingerprint density at radius 2 is 2.00 bits per heavy atom. The highest BCUT2D eigenvalue weighted by Crippen LogP contribution is 2.18. The smallest absolute Gasteiger partial charge is 0.225 e. The second-order valence-electron chi connectivity index (χ2n) is 4.25. The predicted molar refractivity (Wildman–Crippen MR) is 72.0 cm³/mol. The molecule has 1 aromatic rings. The molecule has 0 saturated carbocycles. The molecule has 0 aliphatic carbocycles. The minimum atomic E-state index is 0.0810. The highest BCUT2D eigenvalue weighted by Gasteiger charge is 2.18. The molecule has 0 spiro atoms. The van der Waals surface area contributed by atoms with Crippen molar-refractivity contribution in [1.82, 2.24) is 4.90 Å². The van der Waals surface area contributed by atoms with Gasteiger partial charge in [-0.1, -0.05) is 43.6 Å². The van der Waals surface area contributed by atoms with E-state index in [1.165, 1.54) is 0 Å². The van der Waals surface area contributed by atoms with E-state index in [4.69, 9.17) is 11.6 Å². The Morgan fingerprint density at radius 1 is 1.35 bits per heavy atom. The molecule has 0 fully saturated rings. The Hall–Kier alpha value is -1.02. The summed E-state index contributed by atoms with van der Waals surface area (Å²) in [5.41, 5.74) is 1.01. The molecule has 1 rings (SSSR count). The summed E-state index contributed by atoms with van der Waals surface area (Å²) in [6.45, 7) is 7.31. The lowest BCUT2D eigenvalue weighted by Crippen LogP contribution is -2.34. The summed E-state index contributed by atoms with van der Waals surface area (Å²) >= 11 is 6.11. The van der Waals surface area contributed by atoms with Crippen LogP contribution in [0.5, 0.6) is 0 Å². The first kappa shape index (κ1) is 14.0. The summed E-state index contributed by atoms with van der Waals surface area (Å²) < 4.78 is 0. The number of hydrogen-bond acceptors (Lipinski definition) is 1. The highest BCUT2D eigenvalue weighted by atomic mass is 35.5. The van der Waals surface area contributed by atoms with Crippen molar-refractivity contribution < 1.29 is 4.79 Å². The number of benzene rings is 1. The molecule has 0 aliphatic heterocycles. The first-order chi connectivity index (χ1) is 8.10. The average Bonchev–Trinajstić information content (AvgIpc) is 2.36. The molecule has 1 aromatic carbocycles. The third-order valence-corrected chi connectivity index (χ3v) is 3.42. The van der Waals surface area contributed by atoms with Crippen LogP contribution in [0.25, 0.3) is 0 Å². The van der Waals surface area contributed by atoms with E-state index < -0.39 is 0 Å². The van der Waals surface area contributed by atoms with E-state index in [1.807, 2.05) is 49.9 Å². The van der Waals surface area contributed by atoms with E-state index in [1.54, 1.807) is 0 Å². The number of carbonyl (C=O) groups is 1. The number of nitrogens with zero attached hydrogens (tertiary/aromatic N) is 1. The van der Waals surface area contributed by atoms with Crippen molar-refractivity contribution in [1.29, 1.82) is 0 Å². The predicted octanol–water partition coefficient (Wildman–Crippen LogP) is 3.73. The van der Waals surface area contributed by atoms with Gasteiger partial charge >= 0.3 is 0 Å². The Morgan fingerprint density at radius 3 is 2.53 bits per heavy atom. The lowest BCUT2D eigenvalue weighted by molar-refractivity contribution is -0.135. The minimum Gasteiger partial charge on any atom is -0.338 e. The highest BCUT2D eigenvalue weighted by molar-refractivity contribution is 6.31. The maximum absolute atomic E-state index is 12.1. The third kappa shape index (κ3) is 3.74. The van der Waals surface area contributed by atoms with Crippen molar-refractivity contribution in [3.05, 3.63) is 34.9 Å². The van der Waals surface area contributed by atoms with Crippen molar-refractivity contribution in [2.45, 2.75) is 33.7 Å². The van der Waals surface area contributed by atoms with Crippen LogP contribution in [0.1, 0.15) is 32.8 Å². The van der Waals surface area contributed by atoms with Gasteiger partial charge < -0.3 is 4.90 Å². The van der Waals surface area contributed by atoms with Crippen LogP contribution in [0.3, 0.4) is 0 Å². The molecule has 17 heavy (non-hydrogen) atoms. The van der Waals surface area contributed by atoms with Crippen molar-refractivity contribution in [2.75, 3.05) is 6.54 Å². The minimum absolute atomic E-state index is 0.0810. The molecular weight excluding hydrogens is 234 g/mol. The molecule has 0 saturated heterocycles. The van der Waals surface area contributed by atoms with Gasteiger partial charge in [0.2, 0.25) is 5.91 Å². The third-order valence-electron chi connectivity index (χ3n) is 3.05. The second kappa shape index (κ2) is 6.65. The van der Waals surface area contributed by atoms with E-state index in [2.05, 4.69) is 0 Å². The molecule has 1 unspecified atom stereocenters. The summed E-state index contributed by atoms with van der Waals surface area (Å²) in [4.78, 5) is 14.0. The normalized spacial score (nSPS) is 12.2. The molecule has 2 nitrogen and oxygen atoms in total. The molecule has 94 valence electrons. The molecular formula is C14H20ClNO. The topological polar surface area (TPSA) is 20.3 Å². The summed E-state index contributed by atoms with van der Waals surface area (Å²) in [5.74, 6) is 0.285. The van der Waals surface area contributed by atoms with Crippen molar-refractivity contribution in [3.8, 4) is 0 Å². The molecule has 0 heterocycles. The van der Waals surface area contributed by atoms with Crippen LogP contribution in [-0.2, 0) is 11.3 Å². The van der Waals surface area contributed by atoms with Crippen molar-refractivity contribution in [2.24, 2.45) is 5.92 Å². The van der Waals surface area contributed by atoms with Gasteiger partial charge in [0, 0.05) is 24.0 Å². The van der Waals surface area contributed by atoms with Gasteiger partial charge in [0.1, 0.15) is 0 Å². The number of hydrogen-bond donors (Lipinski definition) is 0. The summed E-state index contributed by atoms with van der Waals surface area (Å²) in [7, 11) is 0. The van der Waals surface area contributed by atoms with Gasteiger partial charge in [0.15, 0.2) is 0 Å². The number of rotatable bonds is 5. The van der Waals surface area contributed by atoms with Crippen molar-refractivity contribution >= 4 is 17.5 Å². The van der Waals surface area contributed by atoms with Gasteiger partial charge in [-0.05, 0) is 25.0 Å². The van der Waals surface area contributed by atoms with E-state index in [-0.39, 0.29) is 11.8 Å². The fraction of sp³-hybridized carbons (Fsp3) is 0.500. The zero-order chi connectivity index (χ0) is 12.8. The Bertz CT molecular complexity index is 378. The van der Waals surface area contributed by atoms with Crippen LogP contribution >= 0.6 is 11.6 Å². The average molecular weight is 254 g/mol. The maximum atomic E-state index is 12.1. The second-order valence-corrected chi connectivity index (χ2v) is 4.66.